The van der Waals surface area contributed by atoms with Crippen molar-refractivity contribution in [3.05, 3.63) is 80.7 Å². The minimum Gasteiger partial charge on any atom is -0.258 e. The van der Waals surface area contributed by atoms with Gasteiger partial charge in [0.2, 0.25) is 0 Å². The van der Waals surface area contributed by atoms with Crippen LogP contribution in [0.25, 0.3) is 11.3 Å². The number of non-ortho nitro benzene ring substituents is 1. The van der Waals surface area contributed by atoms with Gasteiger partial charge in [-0.2, -0.15) is 0 Å². The lowest BCUT2D eigenvalue weighted by Gasteiger charge is -1.98. The first-order valence-corrected chi connectivity index (χ1v) is 7.83. The molecule has 0 N–H and O–H groups in total. The largest absolute Gasteiger partial charge is 0.269 e. The van der Waals surface area contributed by atoms with Gasteiger partial charge in [-0.15, -0.1) is 11.3 Å². The van der Waals surface area contributed by atoms with Gasteiger partial charge in [0.05, 0.1) is 15.6 Å². The van der Waals surface area contributed by atoms with Gasteiger partial charge < -0.3 is 0 Å². The number of rotatable bonds is 5. The van der Waals surface area contributed by atoms with Crippen molar-refractivity contribution < 1.29 is 4.92 Å². The summed E-state index contributed by atoms with van der Waals surface area (Å²) in [6, 6.07) is 16.8. The molecule has 0 fully saturated rings. The highest BCUT2D eigenvalue weighted by Crippen LogP contribution is 2.24. The molecule has 3 rings (SSSR count). The Morgan fingerprint density at radius 1 is 1.00 bits per heavy atom. The third-order valence-electron chi connectivity index (χ3n) is 3.40. The molecular weight excluding hydrogens is 296 g/mol. The van der Waals surface area contributed by atoms with Crippen molar-refractivity contribution in [2.24, 2.45) is 0 Å². The Bertz CT molecular complexity index is 767. The number of hydrogen-bond donors (Lipinski definition) is 0. The number of nitro groups is 1. The van der Waals surface area contributed by atoms with E-state index in [1.54, 1.807) is 23.5 Å². The van der Waals surface area contributed by atoms with Crippen LogP contribution in [0.1, 0.15) is 10.6 Å². The van der Waals surface area contributed by atoms with Crippen LogP contribution < -0.4 is 0 Å². The molecule has 22 heavy (non-hydrogen) atoms. The van der Waals surface area contributed by atoms with Gasteiger partial charge in [0, 0.05) is 29.5 Å². The van der Waals surface area contributed by atoms with E-state index in [2.05, 4.69) is 17.1 Å². The Balaban J connectivity index is 1.69. The van der Waals surface area contributed by atoms with E-state index in [0.717, 1.165) is 29.1 Å². The van der Waals surface area contributed by atoms with Crippen LogP contribution in [-0.2, 0) is 12.8 Å². The SMILES string of the molecule is O=[N+]([O-])c1ccc(-c2csc(CCc3ccccc3)n2)cc1. The molecule has 0 aliphatic rings. The number of nitrogens with zero attached hydrogens (tertiary/aromatic N) is 2. The van der Waals surface area contributed by atoms with Crippen molar-refractivity contribution in [1.82, 2.24) is 4.98 Å². The van der Waals surface area contributed by atoms with Crippen molar-refractivity contribution in [2.75, 3.05) is 0 Å². The number of aryl methyl sites for hydroxylation is 2. The second-order valence-corrected chi connectivity index (χ2v) is 5.86. The summed E-state index contributed by atoms with van der Waals surface area (Å²) < 4.78 is 0. The Labute approximate surface area is 132 Å². The van der Waals surface area contributed by atoms with E-state index in [9.17, 15) is 10.1 Å². The standard InChI is InChI=1S/C17H14N2O2S/c20-19(21)15-9-7-14(8-10-15)16-12-22-17(18-16)11-6-13-4-2-1-3-5-13/h1-5,7-10,12H,6,11H2. The second kappa shape index (κ2) is 6.49. The number of benzene rings is 2. The lowest BCUT2D eigenvalue weighted by molar-refractivity contribution is -0.384. The molecule has 110 valence electrons. The molecule has 1 heterocycles. The van der Waals surface area contributed by atoms with E-state index in [1.807, 2.05) is 23.6 Å². The molecule has 4 nitrogen and oxygen atoms in total. The van der Waals surface area contributed by atoms with Crippen molar-refractivity contribution in [2.45, 2.75) is 12.8 Å². The predicted octanol–water partition coefficient (Wildman–Crippen LogP) is 4.50. The van der Waals surface area contributed by atoms with Gasteiger partial charge in [-0.3, -0.25) is 10.1 Å². The minimum atomic E-state index is -0.393. The number of nitro benzene ring substituents is 1. The third kappa shape index (κ3) is 3.38. The van der Waals surface area contributed by atoms with Gasteiger partial charge in [0.15, 0.2) is 0 Å². The van der Waals surface area contributed by atoms with E-state index in [4.69, 9.17) is 0 Å². The van der Waals surface area contributed by atoms with Crippen LogP contribution >= 0.6 is 11.3 Å². The Morgan fingerprint density at radius 2 is 1.73 bits per heavy atom. The first-order chi connectivity index (χ1) is 10.7. The zero-order chi connectivity index (χ0) is 15.4. The number of thiazole rings is 1. The van der Waals surface area contributed by atoms with E-state index in [1.165, 1.54) is 17.7 Å². The zero-order valence-corrected chi connectivity index (χ0v) is 12.6. The van der Waals surface area contributed by atoms with Gasteiger partial charge in [0.1, 0.15) is 0 Å². The molecule has 1 aromatic heterocycles. The first kappa shape index (κ1) is 14.4. The Hall–Kier alpha value is -2.53. The summed E-state index contributed by atoms with van der Waals surface area (Å²) in [5, 5.41) is 13.7. The smallest absolute Gasteiger partial charge is 0.258 e. The molecule has 0 unspecified atom stereocenters. The van der Waals surface area contributed by atoms with Crippen molar-refractivity contribution in [3.8, 4) is 11.3 Å². The predicted molar refractivity (Wildman–Crippen MR) is 88.1 cm³/mol. The van der Waals surface area contributed by atoms with Crippen molar-refractivity contribution >= 4 is 17.0 Å². The second-order valence-electron chi connectivity index (χ2n) is 4.92. The van der Waals surface area contributed by atoms with Crippen molar-refractivity contribution in [1.29, 1.82) is 0 Å². The van der Waals surface area contributed by atoms with Gasteiger partial charge in [-0.05, 0) is 24.1 Å². The highest BCUT2D eigenvalue weighted by molar-refractivity contribution is 7.09. The molecule has 0 aliphatic carbocycles. The summed E-state index contributed by atoms with van der Waals surface area (Å²) in [6.45, 7) is 0. The maximum absolute atomic E-state index is 10.7. The molecule has 3 aromatic rings. The Kier molecular flexibility index (Phi) is 4.25. The van der Waals surface area contributed by atoms with E-state index in [0.29, 0.717) is 0 Å². The molecule has 0 aliphatic heterocycles. The van der Waals surface area contributed by atoms with Crippen LogP contribution in [0.3, 0.4) is 0 Å². The fourth-order valence-corrected chi connectivity index (χ4v) is 3.02. The summed E-state index contributed by atoms with van der Waals surface area (Å²) in [5.74, 6) is 0. The van der Waals surface area contributed by atoms with Crippen LogP contribution in [0.2, 0.25) is 0 Å². The third-order valence-corrected chi connectivity index (χ3v) is 4.30. The molecular formula is C17H14N2O2S. The topological polar surface area (TPSA) is 56.0 Å². The zero-order valence-electron chi connectivity index (χ0n) is 11.8. The average molecular weight is 310 g/mol. The molecule has 0 radical (unpaired) electrons. The van der Waals surface area contributed by atoms with Gasteiger partial charge in [0.25, 0.3) is 5.69 Å². The van der Waals surface area contributed by atoms with E-state index >= 15 is 0 Å². The molecule has 0 saturated heterocycles. The summed E-state index contributed by atoms with van der Waals surface area (Å²) in [6.07, 6.45) is 1.87. The lowest BCUT2D eigenvalue weighted by Crippen LogP contribution is -1.90. The molecule has 0 spiro atoms. The van der Waals surface area contributed by atoms with Crippen LogP contribution in [-0.4, -0.2) is 9.91 Å². The maximum atomic E-state index is 10.7. The number of hydrogen-bond acceptors (Lipinski definition) is 4. The highest BCUT2D eigenvalue weighted by atomic mass is 32.1. The van der Waals surface area contributed by atoms with Gasteiger partial charge >= 0.3 is 0 Å². The lowest BCUT2D eigenvalue weighted by atomic mass is 10.1. The monoisotopic (exact) mass is 310 g/mol. The Morgan fingerprint density at radius 3 is 2.41 bits per heavy atom. The summed E-state index contributed by atoms with van der Waals surface area (Å²) in [5.41, 5.74) is 3.19. The van der Waals surface area contributed by atoms with E-state index in [-0.39, 0.29) is 5.69 Å². The fraction of sp³-hybridized carbons (Fsp3) is 0.118. The summed E-state index contributed by atoms with van der Waals surface area (Å²) >= 11 is 1.63. The molecule has 2 aromatic carbocycles. The molecule has 0 atom stereocenters. The number of aromatic nitrogens is 1. The average Bonchev–Trinajstić information content (AvgIpc) is 3.03. The summed E-state index contributed by atoms with van der Waals surface area (Å²) in [7, 11) is 0. The van der Waals surface area contributed by atoms with Crippen LogP contribution in [0.4, 0.5) is 5.69 Å². The molecule has 0 saturated carbocycles. The van der Waals surface area contributed by atoms with Crippen LogP contribution in [0.5, 0.6) is 0 Å². The molecule has 0 bridgehead atoms. The first-order valence-electron chi connectivity index (χ1n) is 6.95. The minimum absolute atomic E-state index is 0.100. The normalized spacial score (nSPS) is 10.5. The fourth-order valence-electron chi connectivity index (χ4n) is 2.21. The highest BCUT2D eigenvalue weighted by Gasteiger charge is 2.08. The van der Waals surface area contributed by atoms with Gasteiger partial charge in [-0.1, -0.05) is 30.3 Å². The van der Waals surface area contributed by atoms with E-state index < -0.39 is 4.92 Å². The van der Waals surface area contributed by atoms with Gasteiger partial charge in [-0.25, -0.2) is 4.98 Å². The quantitative estimate of drug-likeness (QED) is 0.515. The van der Waals surface area contributed by atoms with Crippen LogP contribution in [0.15, 0.2) is 60.0 Å². The molecule has 5 heteroatoms. The maximum Gasteiger partial charge on any atom is 0.269 e. The van der Waals surface area contributed by atoms with Crippen LogP contribution in [0, 0.1) is 10.1 Å². The molecule has 0 amide bonds. The summed E-state index contributed by atoms with van der Waals surface area (Å²) in [4.78, 5) is 14.9. The van der Waals surface area contributed by atoms with Crippen molar-refractivity contribution in [3.63, 3.8) is 0 Å².